The van der Waals surface area contributed by atoms with Crippen LogP contribution in [0.4, 0.5) is 5.95 Å². The van der Waals surface area contributed by atoms with Crippen LogP contribution in [-0.4, -0.2) is 59.4 Å². The van der Waals surface area contributed by atoms with Crippen molar-refractivity contribution < 1.29 is 4.74 Å². The molecule has 30 heavy (non-hydrogen) atoms. The first-order chi connectivity index (χ1) is 14.7. The molecule has 1 saturated carbocycles. The Labute approximate surface area is 172 Å². The topological polar surface area (TPSA) is 112 Å². The van der Waals surface area contributed by atoms with Gasteiger partial charge < -0.3 is 10.5 Å². The Bertz CT molecular complexity index is 1260. The fourth-order valence-electron chi connectivity index (χ4n) is 4.11. The summed E-state index contributed by atoms with van der Waals surface area (Å²) in [7, 11) is 1.62. The van der Waals surface area contributed by atoms with E-state index in [0.717, 1.165) is 55.5 Å². The van der Waals surface area contributed by atoms with Crippen LogP contribution in [0.1, 0.15) is 36.2 Å². The molecule has 4 heterocycles. The van der Waals surface area contributed by atoms with Crippen molar-refractivity contribution >= 4 is 22.5 Å². The molecule has 6 rings (SSSR count). The molecule has 10 heteroatoms. The number of benzene rings is 1. The Hall–Kier alpha value is -3.27. The zero-order chi connectivity index (χ0) is 20.2. The van der Waals surface area contributed by atoms with Crippen LogP contribution in [0.2, 0.25) is 0 Å². The number of hydrogen-bond acceptors (Lipinski definition) is 8. The molecule has 10 nitrogen and oxygen atoms in total. The Kier molecular flexibility index (Phi) is 3.88. The number of aromatic nitrogens is 7. The van der Waals surface area contributed by atoms with E-state index in [1.165, 1.54) is 12.8 Å². The molecular weight excluding hydrogens is 382 g/mol. The summed E-state index contributed by atoms with van der Waals surface area (Å²) >= 11 is 0. The second-order valence-corrected chi connectivity index (χ2v) is 8.00. The molecule has 0 radical (unpaired) electrons. The van der Waals surface area contributed by atoms with E-state index >= 15 is 0 Å². The van der Waals surface area contributed by atoms with Crippen LogP contribution in [-0.2, 0) is 19.5 Å². The van der Waals surface area contributed by atoms with Gasteiger partial charge in [-0.2, -0.15) is 9.61 Å². The highest BCUT2D eigenvalue weighted by atomic mass is 16.5. The number of para-hydroxylation sites is 1. The predicted molar refractivity (Wildman–Crippen MR) is 110 cm³/mol. The van der Waals surface area contributed by atoms with Crippen molar-refractivity contribution in [2.24, 2.45) is 0 Å². The van der Waals surface area contributed by atoms with Gasteiger partial charge in [0, 0.05) is 30.8 Å². The summed E-state index contributed by atoms with van der Waals surface area (Å²) in [6, 6.07) is 5.76. The van der Waals surface area contributed by atoms with Gasteiger partial charge in [-0.15, -0.1) is 5.10 Å². The fourth-order valence-corrected chi connectivity index (χ4v) is 4.11. The van der Waals surface area contributed by atoms with Gasteiger partial charge in [0.15, 0.2) is 17.3 Å². The van der Waals surface area contributed by atoms with Crippen molar-refractivity contribution in [3.8, 4) is 5.75 Å². The number of fused-ring (bicyclic) bond motifs is 4. The molecular formula is C20H23N9O. The monoisotopic (exact) mass is 405 g/mol. The lowest BCUT2D eigenvalue weighted by Crippen LogP contribution is -2.35. The molecule has 2 N–H and O–H groups in total. The molecule has 4 aromatic rings. The van der Waals surface area contributed by atoms with Crippen LogP contribution >= 0.6 is 0 Å². The van der Waals surface area contributed by atoms with Crippen molar-refractivity contribution in [3.05, 3.63) is 35.7 Å². The number of anilines is 1. The first kappa shape index (κ1) is 17.6. The summed E-state index contributed by atoms with van der Waals surface area (Å²) in [6.45, 7) is 3.51. The summed E-state index contributed by atoms with van der Waals surface area (Å²) in [4.78, 5) is 16.4. The third kappa shape index (κ3) is 2.86. The largest absolute Gasteiger partial charge is 0.494 e. The van der Waals surface area contributed by atoms with Crippen molar-refractivity contribution in [2.45, 2.75) is 38.3 Å². The second kappa shape index (κ2) is 6.63. The molecule has 0 bridgehead atoms. The number of methoxy groups -OCH3 is 1. The van der Waals surface area contributed by atoms with Crippen LogP contribution in [0.5, 0.6) is 5.75 Å². The highest BCUT2D eigenvalue weighted by molar-refractivity contribution is 5.95. The number of nitrogen functional groups attached to an aromatic ring is 1. The lowest BCUT2D eigenvalue weighted by molar-refractivity contribution is 0.211. The minimum absolute atomic E-state index is 0.305. The molecule has 3 aromatic heterocycles. The maximum atomic E-state index is 6.15. The lowest BCUT2D eigenvalue weighted by atomic mass is 10.2. The van der Waals surface area contributed by atoms with E-state index in [4.69, 9.17) is 20.4 Å². The van der Waals surface area contributed by atoms with E-state index in [0.29, 0.717) is 28.8 Å². The molecule has 0 saturated heterocycles. The van der Waals surface area contributed by atoms with Crippen LogP contribution in [0.15, 0.2) is 18.2 Å². The third-order valence-corrected chi connectivity index (χ3v) is 5.91. The van der Waals surface area contributed by atoms with Crippen LogP contribution in [0.25, 0.3) is 16.6 Å². The Morgan fingerprint density at radius 1 is 1.13 bits per heavy atom. The minimum Gasteiger partial charge on any atom is -0.494 e. The number of nitrogens with zero attached hydrogens (tertiary/aromatic N) is 8. The molecule has 1 aromatic carbocycles. The van der Waals surface area contributed by atoms with Crippen molar-refractivity contribution in [1.82, 2.24) is 39.2 Å². The minimum atomic E-state index is 0.305. The van der Waals surface area contributed by atoms with Crippen molar-refractivity contribution in [2.75, 3.05) is 25.9 Å². The van der Waals surface area contributed by atoms with Gasteiger partial charge in [-0.1, -0.05) is 6.07 Å². The zero-order valence-corrected chi connectivity index (χ0v) is 16.8. The Morgan fingerprint density at radius 3 is 2.87 bits per heavy atom. The van der Waals surface area contributed by atoms with Crippen molar-refractivity contribution in [3.63, 3.8) is 0 Å². The van der Waals surface area contributed by atoms with Gasteiger partial charge in [-0.25, -0.2) is 19.6 Å². The highest BCUT2D eigenvalue weighted by Gasteiger charge is 2.30. The highest BCUT2D eigenvalue weighted by Crippen LogP contribution is 2.38. The number of ether oxygens (including phenoxy) is 1. The average molecular weight is 405 g/mol. The third-order valence-electron chi connectivity index (χ3n) is 5.91. The number of rotatable bonds is 5. The summed E-state index contributed by atoms with van der Waals surface area (Å²) in [5.41, 5.74) is 7.56. The quantitative estimate of drug-likeness (QED) is 0.530. The molecule has 0 spiro atoms. The maximum absolute atomic E-state index is 6.15. The van der Waals surface area contributed by atoms with Gasteiger partial charge in [-0.05, 0) is 25.0 Å². The maximum Gasteiger partial charge on any atom is 0.223 e. The smallest absolute Gasteiger partial charge is 0.223 e. The summed E-state index contributed by atoms with van der Waals surface area (Å²) in [5, 5.41) is 10.1. The number of hydrogen-bond donors (Lipinski definition) is 1. The molecule has 2 aliphatic rings. The Morgan fingerprint density at radius 2 is 2.03 bits per heavy atom. The summed E-state index contributed by atoms with van der Waals surface area (Å²) in [5.74, 6) is 4.42. The second-order valence-electron chi connectivity index (χ2n) is 8.00. The van der Waals surface area contributed by atoms with Crippen molar-refractivity contribution in [1.29, 1.82) is 0 Å². The zero-order valence-electron chi connectivity index (χ0n) is 16.8. The average Bonchev–Trinajstić information content (AvgIpc) is 3.37. The summed E-state index contributed by atoms with van der Waals surface area (Å²) in [6.07, 6.45) is 3.19. The van der Waals surface area contributed by atoms with Gasteiger partial charge in [0.1, 0.15) is 17.1 Å². The first-order valence-corrected chi connectivity index (χ1v) is 10.3. The van der Waals surface area contributed by atoms with Gasteiger partial charge in [0.05, 0.1) is 20.2 Å². The van der Waals surface area contributed by atoms with E-state index in [-0.39, 0.29) is 0 Å². The Balaban J connectivity index is 1.23. The van der Waals surface area contributed by atoms with E-state index < -0.39 is 0 Å². The van der Waals surface area contributed by atoms with Gasteiger partial charge >= 0.3 is 0 Å². The molecule has 0 atom stereocenters. The van der Waals surface area contributed by atoms with Gasteiger partial charge in [-0.3, -0.25) is 4.90 Å². The van der Waals surface area contributed by atoms with E-state index in [9.17, 15) is 0 Å². The number of nitrogens with two attached hydrogens (primary N) is 1. The SMILES string of the molecule is COc1cccc2c1nc(N)n1nc(CCN3CCn4nc(C5CC5)nc4C3)nc21. The van der Waals surface area contributed by atoms with Crippen LogP contribution in [0, 0.1) is 0 Å². The molecule has 1 aliphatic heterocycles. The van der Waals surface area contributed by atoms with Crippen LogP contribution < -0.4 is 10.5 Å². The lowest BCUT2D eigenvalue weighted by Gasteiger charge is -2.25. The standard InChI is InChI=1S/C20H23N9O/c1-30-14-4-2-3-13-17(14)24-20(21)29-19(13)22-15(25-29)7-8-27-9-10-28-16(11-27)23-18(26-28)12-5-6-12/h2-4,12H,5-11H2,1H3,(H2,21,24). The van der Waals surface area contributed by atoms with E-state index in [1.54, 1.807) is 11.6 Å². The molecule has 1 fully saturated rings. The normalized spacial score (nSPS) is 17.0. The molecule has 0 unspecified atom stereocenters. The first-order valence-electron chi connectivity index (χ1n) is 10.3. The predicted octanol–water partition coefficient (Wildman–Crippen LogP) is 1.40. The summed E-state index contributed by atoms with van der Waals surface area (Å²) < 4.78 is 9.10. The molecule has 0 amide bonds. The van der Waals surface area contributed by atoms with E-state index in [1.807, 2.05) is 18.2 Å². The molecule has 1 aliphatic carbocycles. The molecule has 154 valence electrons. The fraction of sp³-hybridized carbons (Fsp3) is 0.450. The van der Waals surface area contributed by atoms with Gasteiger partial charge in [0.2, 0.25) is 5.95 Å². The van der Waals surface area contributed by atoms with Gasteiger partial charge in [0.25, 0.3) is 0 Å². The van der Waals surface area contributed by atoms with Crippen LogP contribution in [0.3, 0.4) is 0 Å². The van der Waals surface area contributed by atoms with E-state index in [2.05, 4.69) is 24.8 Å².